The van der Waals surface area contributed by atoms with E-state index in [1.54, 1.807) is 6.07 Å². The van der Waals surface area contributed by atoms with Crippen molar-refractivity contribution >= 4 is 0 Å². The fourth-order valence-corrected chi connectivity index (χ4v) is 1.99. The van der Waals surface area contributed by atoms with Crippen LogP contribution in [0.15, 0.2) is 30.4 Å². The number of nitrogens with one attached hydrogen (secondary N) is 1. The maximum atomic E-state index is 9.59. The predicted molar refractivity (Wildman–Crippen MR) is 68.3 cm³/mol. The molecule has 17 heavy (non-hydrogen) atoms. The summed E-state index contributed by atoms with van der Waals surface area (Å²) in [6, 6.07) is 6.07. The first-order valence-electron chi connectivity index (χ1n) is 6.12. The third-order valence-corrected chi connectivity index (χ3v) is 2.93. The van der Waals surface area contributed by atoms with Crippen molar-refractivity contribution in [2.75, 3.05) is 6.61 Å². The summed E-state index contributed by atoms with van der Waals surface area (Å²) in [7, 11) is 0. The average Bonchev–Trinajstić information content (AvgIpc) is 2.83. The van der Waals surface area contributed by atoms with Crippen molar-refractivity contribution in [2.45, 2.75) is 32.4 Å². The average molecular weight is 233 g/mol. The molecule has 1 aromatic carbocycles. The molecule has 0 radical (unpaired) electrons. The van der Waals surface area contributed by atoms with Crippen molar-refractivity contribution in [1.82, 2.24) is 5.32 Å². The molecule has 1 aliphatic carbocycles. The van der Waals surface area contributed by atoms with Crippen molar-refractivity contribution in [3.05, 3.63) is 35.9 Å². The zero-order valence-corrected chi connectivity index (χ0v) is 10.1. The number of phenols is 1. The van der Waals surface area contributed by atoms with Gasteiger partial charge in [-0.15, -0.1) is 0 Å². The van der Waals surface area contributed by atoms with Crippen LogP contribution in [0.1, 0.15) is 25.3 Å². The Morgan fingerprint density at radius 3 is 2.82 bits per heavy atom. The zero-order valence-electron chi connectivity index (χ0n) is 10.1. The number of phenolic OH excluding ortho intramolecular Hbond substituents is 1. The van der Waals surface area contributed by atoms with Crippen LogP contribution in [-0.2, 0) is 6.54 Å². The predicted octanol–water partition coefficient (Wildman–Crippen LogP) is 2.60. The second kappa shape index (κ2) is 5.73. The molecule has 0 aliphatic heterocycles. The van der Waals surface area contributed by atoms with Gasteiger partial charge >= 0.3 is 0 Å². The molecule has 92 valence electrons. The standard InChI is InChI=1S/C14H19NO2/c1-2-17-14-9-11(7-8-13(14)16)10-15-12-5-3-4-6-12/h3-4,7-9,12,15-16H,2,5-6,10H2,1H3. The van der Waals surface area contributed by atoms with Gasteiger partial charge in [0.05, 0.1) is 6.61 Å². The molecule has 0 amide bonds. The van der Waals surface area contributed by atoms with E-state index >= 15 is 0 Å². The van der Waals surface area contributed by atoms with Gasteiger partial charge in [-0.1, -0.05) is 18.2 Å². The second-order valence-electron chi connectivity index (χ2n) is 4.26. The molecule has 0 unspecified atom stereocenters. The lowest BCUT2D eigenvalue weighted by molar-refractivity contribution is 0.317. The van der Waals surface area contributed by atoms with Gasteiger partial charge in [-0.05, 0) is 37.5 Å². The lowest BCUT2D eigenvalue weighted by Gasteiger charge is -2.13. The topological polar surface area (TPSA) is 41.5 Å². The Hall–Kier alpha value is -1.48. The van der Waals surface area contributed by atoms with Crippen LogP contribution >= 0.6 is 0 Å². The van der Waals surface area contributed by atoms with Crippen LogP contribution in [0.4, 0.5) is 0 Å². The van der Waals surface area contributed by atoms with Gasteiger partial charge in [0.2, 0.25) is 0 Å². The highest BCUT2D eigenvalue weighted by Gasteiger charge is 2.09. The van der Waals surface area contributed by atoms with Crippen molar-refractivity contribution < 1.29 is 9.84 Å². The minimum atomic E-state index is 0.207. The Labute approximate surface area is 102 Å². The molecule has 0 saturated heterocycles. The highest BCUT2D eigenvalue weighted by Crippen LogP contribution is 2.26. The van der Waals surface area contributed by atoms with Crippen molar-refractivity contribution in [3.63, 3.8) is 0 Å². The summed E-state index contributed by atoms with van der Waals surface area (Å²) in [6.45, 7) is 3.29. The molecule has 1 aromatic rings. The van der Waals surface area contributed by atoms with E-state index in [9.17, 15) is 5.11 Å². The Morgan fingerprint density at radius 1 is 1.35 bits per heavy atom. The molecular formula is C14H19NO2. The Bertz CT molecular complexity index is 393. The van der Waals surface area contributed by atoms with Gasteiger partial charge in [0, 0.05) is 12.6 Å². The van der Waals surface area contributed by atoms with E-state index in [1.807, 2.05) is 19.1 Å². The molecular weight excluding hydrogens is 214 g/mol. The Morgan fingerprint density at radius 2 is 2.12 bits per heavy atom. The van der Waals surface area contributed by atoms with E-state index in [2.05, 4.69) is 17.5 Å². The number of aromatic hydroxyl groups is 1. The second-order valence-corrected chi connectivity index (χ2v) is 4.26. The van der Waals surface area contributed by atoms with E-state index in [0.717, 1.165) is 24.9 Å². The van der Waals surface area contributed by atoms with E-state index in [1.165, 1.54) is 0 Å². The fourth-order valence-electron chi connectivity index (χ4n) is 1.99. The monoisotopic (exact) mass is 233 g/mol. The summed E-state index contributed by atoms with van der Waals surface area (Å²) in [5.74, 6) is 0.773. The number of hydrogen-bond acceptors (Lipinski definition) is 3. The molecule has 0 aromatic heterocycles. The minimum Gasteiger partial charge on any atom is -0.504 e. The molecule has 0 saturated carbocycles. The molecule has 0 heterocycles. The number of rotatable bonds is 5. The van der Waals surface area contributed by atoms with E-state index < -0.39 is 0 Å². The highest BCUT2D eigenvalue weighted by atomic mass is 16.5. The maximum absolute atomic E-state index is 9.59. The van der Waals surface area contributed by atoms with Crippen LogP contribution in [0, 0.1) is 0 Å². The van der Waals surface area contributed by atoms with Crippen LogP contribution in [-0.4, -0.2) is 17.8 Å². The van der Waals surface area contributed by atoms with Crippen LogP contribution in [0.5, 0.6) is 11.5 Å². The molecule has 0 spiro atoms. The zero-order chi connectivity index (χ0) is 12.1. The van der Waals surface area contributed by atoms with Gasteiger partial charge in [0.15, 0.2) is 11.5 Å². The summed E-state index contributed by atoms with van der Waals surface area (Å²) in [5, 5.41) is 13.1. The van der Waals surface area contributed by atoms with Gasteiger partial charge < -0.3 is 15.2 Å². The van der Waals surface area contributed by atoms with Crippen LogP contribution < -0.4 is 10.1 Å². The van der Waals surface area contributed by atoms with Gasteiger partial charge in [-0.25, -0.2) is 0 Å². The first-order valence-corrected chi connectivity index (χ1v) is 6.12. The van der Waals surface area contributed by atoms with Crippen LogP contribution in [0.25, 0.3) is 0 Å². The van der Waals surface area contributed by atoms with E-state index in [4.69, 9.17) is 4.74 Å². The first kappa shape index (κ1) is 12.0. The maximum Gasteiger partial charge on any atom is 0.161 e. The SMILES string of the molecule is CCOc1cc(CNC2CC=CC2)ccc1O. The molecule has 1 aliphatic rings. The van der Waals surface area contributed by atoms with Gasteiger partial charge in [-0.2, -0.15) is 0 Å². The van der Waals surface area contributed by atoms with Crippen molar-refractivity contribution in [3.8, 4) is 11.5 Å². The normalized spacial score (nSPS) is 15.4. The molecule has 0 atom stereocenters. The molecule has 0 fully saturated rings. The number of ether oxygens (including phenoxy) is 1. The lowest BCUT2D eigenvalue weighted by Crippen LogP contribution is -2.25. The molecule has 3 nitrogen and oxygen atoms in total. The van der Waals surface area contributed by atoms with E-state index in [-0.39, 0.29) is 5.75 Å². The lowest BCUT2D eigenvalue weighted by atomic mass is 10.1. The number of benzene rings is 1. The smallest absolute Gasteiger partial charge is 0.161 e. The first-order chi connectivity index (χ1) is 8.29. The van der Waals surface area contributed by atoms with Gasteiger partial charge in [-0.3, -0.25) is 0 Å². The summed E-state index contributed by atoms with van der Waals surface area (Å²) < 4.78 is 5.36. The molecule has 2 N–H and O–H groups in total. The number of hydrogen-bond donors (Lipinski definition) is 2. The fraction of sp³-hybridized carbons (Fsp3) is 0.429. The summed E-state index contributed by atoms with van der Waals surface area (Å²) in [4.78, 5) is 0. The van der Waals surface area contributed by atoms with Crippen molar-refractivity contribution in [2.24, 2.45) is 0 Å². The summed E-state index contributed by atoms with van der Waals surface area (Å²) in [5.41, 5.74) is 1.14. The van der Waals surface area contributed by atoms with Crippen LogP contribution in [0.3, 0.4) is 0 Å². The third kappa shape index (κ3) is 3.24. The minimum absolute atomic E-state index is 0.207. The molecule has 0 bridgehead atoms. The van der Waals surface area contributed by atoms with Crippen molar-refractivity contribution in [1.29, 1.82) is 0 Å². The summed E-state index contributed by atoms with van der Waals surface area (Å²) in [6.07, 6.45) is 6.63. The summed E-state index contributed by atoms with van der Waals surface area (Å²) >= 11 is 0. The molecule has 3 heteroatoms. The van der Waals surface area contributed by atoms with Gasteiger partial charge in [0.1, 0.15) is 0 Å². The van der Waals surface area contributed by atoms with Gasteiger partial charge in [0.25, 0.3) is 0 Å². The molecule has 2 rings (SSSR count). The Kier molecular flexibility index (Phi) is 4.04. The van der Waals surface area contributed by atoms with E-state index in [0.29, 0.717) is 18.4 Å². The quantitative estimate of drug-likeness (QED) is 0.768. The Balaban J connectivity index is 1.93. The third-order valence-electron chi connectivity index (χ3n) is 2.93. The highest BCUT2D eigenvalue weighted by molar-refractivity contribution is 5.41. The largest absolute Gasteiger partial charge is 0.504 e. The van der Waals surface area contributed by atoms with Crippen LogP contribution in [0.2, 0.25) is 0 Å².